The Labute approximate surface area is 97.5 Å². The van der Waals surface area contributed by atoms with Crippen LogP contribution in [0.5, 0.6) is 0 Å². The predicted octanol–water partition coefficient (Wildman–Crippen LogP) is 2.32. The Kier molecular flexibility index (Phi) is 3.36. The van der Waals surface area contributed by atoms with Gasteiger partial charge in [-0.2, -0.15) is 16.4 Å². The molecule has 2 aromatic rings. The van der Waals surface area contributed by atoms with Crippen LogP contribution in [0, 0.1) is 0 Å². The van der Waals surface area contributed by atoms with E-state index in [0.717, 1.165) is 12.1 Å². The van der Waals surface area contributed by atoms with Crippen LogP contribution in [0.25, 0.3) is 0 Å². The lowest BCUT2D eigenvalue weighted by atomic mass is 10.3. The zero-order valence-corrected chi connectivity index (χ0v) is 9.74. The van der Waals surface area contributed by atoms with E-state index in [9.17, 15) is 4.79 Å². The zero-order valence-electron chi connectivity index (χ0n) is 8.92. The van der Waals surface area contributed by atoms with Crippen LogP contribution in [0.1, 0.15) is 22.8 Å². The Hall–Kier alpha value is -1.62. The summed E-state index contributed by atoms with van der Waals surface area (Å²) >= 11 is 1.59. The number of esters is 1. The van der Waals surface area contributed by atoms with Gasteiger partial charge in [0.15, 0.2) is 0 Å². The van der Waals surface area contributed by atoms with Crippen LogP contribution in [-0.4, -0.2) is 15.7 Å². The van der Waals surface area contributed by atoms with Crippen LogP contribution in [0.2, 0.25) is 0 Å². The van der Waals surface area contributed by atoms with Gasteiger partial charge in [-0.15, -0.1) is 0 Å². The standard InChI is InChI=1S/C11H12N2O2S/c1-2-13-6-10(5-12-13)11(14)15-7-9-3-4-16-8-9/h3-6,8H,2,7H2,1H3. The minimum absolute atomic E-state index is 0.319. The lowest BCUT2D eigenvalue weighted by molar-refractivity contribution is 0.0473. The summed E-state index contributed by atoms with van der Waals surface area (Å²) in [4.78, 5) is 11.6. The maximum absolute atomic E-state index is 11.6. The Balaban J connectivity index is 1.93. The van der Waals surface area contributed by atoms with Gasteiger partial charge in [-0.05, 0) is 23.8 Å². The summed E-state index contributed by atoms with van der Waals surface area (Å²) in [6, 6.07) is 1.94. The van der Waals surface area contributed by atoms with E-state index in [1.54, 1.807) is 22.2 Å². The summed E-state index contributed by atoms with van der Waals surface area (Å²) in [5.74, 6) is -0.328. The lowest BCUT2D eigenvalue weighted by Gasteiger charge is -2.00. The van der Waals surface area contributed by atoms with Gasteiger partial charge in [0.2, 0.25) is 0 Å². The van der Waals surface area contributed by atoms with E-state index in [4.69, 9.17) is 4.74 Å². The maximum Gasteiger partial charge on any atom is 0.341 e. The average molecular weight is 236 g/mol. The van der Waals surface area contributed by atoms with E-state index in [1.807, 2.05) is 23.8 Å². The molecule has 4 nitrogen and oxygen atoms in total. The highest BCUT2D eigenvalue weighted by molar-refractivity contribution is 7.07. The van der Waals surface area contributed by atoms with Crippen LogP contribution in [0.3, 0.4) is 0 Å². The Morgan fingerprint density at radius 2 is 2.50 bits per heavy atom. The minimum Gasteiger partial charge on any atom is -0.457 e. The van der Waals surface area contributed by atoms with Crippen LogP contribution in [0.4, 0.5) is 0 Å². The van der Waals surface area contributed by atoms with Gasteiger partial charge < -0.3 is 4.74 Å². The summed E-state index contributed by atoms with van der Waals surface area (Å²) < 4.78 is 6.84. The van der Waals surface area contributed by atoms with Gasteiger partial charge in [0.1, 0.15) is 6.61 Å². The highest BCUT2D eigenvalue weighted by atomic mass is 32.1. The van der Waals surface area contributed by atoms with Crippen molar-refractivity contribution < 1.29 is 9.53 Å². The Morgan fingerprint density at radius 3 is 3.12 bits per heavy atom. The van der Waals surface area contributed by atoms with Crippen molar-refractivity contribution >= 4 is 17.3 Å². The van der Waals surface area contributed by atoms with Crippen molar-refractivity contribution in [2.75, 3.05) is 0 Å². The smallest absolute Gasteiger partial charge is 0.341 e. The monoisotopic (exact) mass is 236 g/mol. The van der Waals surface area contributed by atoms with Crippen LogP contribution >= 0.6 is 11.3 Å². The molecule has 0 saturated heterocycles. The molecule has 0 N–H and O–H groups in total. The SMILES string of the molecule is CCn1cc(C(=O)OCc2ccsc2)cn1. The molecule has 0 aliphatic carbocycles. The molecule has 16 heavy (non-hydrogen) atoms. The van der Waals surface area contributed by atoms with E-state index in [-0.39, 0.29) is 5.97 Å². The number of aromatic nitrogens is 2. The maximum atomic E-state index is 11.6. The third-order valence-electron chi connectivity index (χ3n) is 2.14. The molecule has 2 aromatic heterocycles. The van der Waals surface area contributed by atoms with Crippen molar-refractivity contribution in [2.24, 2.45) is 0 Å². The third kappa shape index (κ3) is 2.49. The lowest BCUT2D eigenvalue weighted by Crippen LogP contribution is -2.03. The van der Waals surface area contributed by atoms with Crippen molar-refractivity contribution in [3.8, 4) is 0 Å². The third-order valence-corrected chi connectivity index (χ3v) is 2.88. The predicted molar refractivity (Wildman–Crippen MR) is 61.3 cm³/mol. The topological polar surface area (TPSA) is 44.1 Å². The first-order valence-electron chi connectivity index (χ1n) is 5.00. The molecular weight excluding hydrogens is 224 g/mol. The molecule has 0 amide bonds. The molecular formula is C11H12N2O2S. The number of aryl methyl sites for hydroxylation is 1. The van der Waals surface area contributed by atoms with Crippen molar-refractivity contribution in [2.45, 2.75) is 20.1 Å². The van der Waals surface area contributed by atoms with Crippen LogP contribution in [0.15, 0.2) is 29.2 Å². The largest absolute Gasteiger partial charge is 0.457 e. The fourth-order valence-electron chi connectivity index (χ4n) is 1.25. The molecule has 0 aromatic carbocycles. The molecule has 2 heterocycles. The second-order valence-electron chi connectivity index (χ2n) is 3.29. The number of ether oxygens (including phenoxy) is 1. The van der Waals surface area contributed by atoms with Gasteiger partial charge >= 0.3 is 5.97 Å². The first-order chi connectivity index (χ1) is 7.79. The molecule has 5 heteroatoms. The normalized spacial score (nSPS) is 10.3. The minimum atomic E-state index is -0.328. The molecule has 2 rings (SSSR count). The molecule has 0 spiro atoms. The van der Waals surface area contributed by atoms with Crippen molar-refractivity contribution in [3.05, 3.63) is 40.3 Å². The molecule has 84 valence electrons. The Bertz CT molecular complexity index is 462. The van der Waals surface area contributed by atoms with Gasteiger partial charge in [0.05, 0.1) is 11.8 Å². The van der Waals surface area contributed by atoms with Gasteiger partial charge in [0, 0.05) is 18.3 Å². The average Bonchev–Trinajstić information content (AvgIpc) is 2.96. The summed E-state index contributed by atoms with van der Waals surface area (Å²) in [5, 5.41) is 7.94. The summed E-state index contributed by atoms with van der Waals surface area (Å²) in [7, 11) is 0. The molecule has 0 aliphatic heterocycles. The first-order valence-corrected chi connectivity index (χ1v) is 5.94. The van der Waals surface area contributed by atoms with Crippen molar-refractivity contribution in [1.82, 2.24) is 9.78 Å². The number of nitrogens with zero attached hydrogens (tertiary/aromatic N) is 2. The fraction of sp³-hybridized carbons (Fsp3) is 0.273. The molecule has 0 saturated carbocycles. The summed E-state index contributed by atoms with van der Waals surface area (Å²) in [6.45, 7) is 3.03. The van der Waals surface area contributed by atoms with Gasteiger partial charge in [-0.25, -0.2) is 4.79 Å². The molecule has 0 atom stereocenters. The van der Waals surface area contributed by atoms with Gasteiger partial charge in [-0.1, -0.05) is 0 Å². The zero-order chi connectivity index (χ0) is 11.4. The van der Waals surface area contributed by atoms with E-state index in [1.165, 1.54) is 6.20 Å². The number of hydrogen-bond donors (Lipinski definition) is 0. The van der Waals surface area contributed by atoms with Crippen molar-refractivity contribution in [3.63, 3.8) is 0 Å². The highest BCUT2D eigenvalue weighted by Crippen LogP contribution is 2.09. The molecule has 0 radical (unpaired) electrons. The summed E-state index contributed by atoms with van der Waals surface area (Å²) in [5.41, 5.74) is 1.51. The van der Waals surface area contributed by atoms with Gasteiger partial charge in [0.25, 0.3) is 0 Å². The number of thiophene rings is 1. The number of carbonyl (C=O) groups is 1. The van der Waals surface area contributed by atoms with Gasteiger partial charge in [-0.3, -0.25) is 4.68 Å². The van der Waals surface area contributed by atoms with E-state index in [0.29, 0.717) is 12.2 Å². The highest BCUT2D eigenvalue weighted by Gasteiger charge is 2.09. The van der Waals surface area contributed by atoms with Crippen LogP contribution < -0.4 is 0 Å². The molecule has 0 fully saturated rings. The van der Waals surface area contributed by atoms with E-state index < -0.39 is 0 Å². The van der Waals surface area contributed by atoms with E-state index in [2.05, 4.69) is 5.10 Å². The quantitative estimate of drug-likeness (QED) is 0.765. The van der Waals surface area contributed by atoms with E-state index >= 15 is 0 Å². The Morgan fingerprint density at radius 1 is 1.62 bits per heavy atom. The number of rotatable bonds is 4. The molecule has 0 bridgehead atoms. The first kappa shape index (κ1) is 10.9. The second kappa shape index (κ2) is 4.94. The fourth-order valence-corrected chi connectivity index (χ4v) is 1.90. The number of hydrogen-bond acceptors (Lipinski definition) is 4. The molecule has 0 unspecified atom stereocenters. The number of carbonyl (C=O) groups excluding carboxylic acids is 1. The second-order valence-corrected chi connectivity index (χ2v) is 4.07. The summed E-state index contributed by atoms with van der Waals surface area (Å²) in [6.07, 6.45) is 3.22. The molecule has 0 aliphatic rings. The van der Waals surface area contributed by atoms with Crippen LogP contribution in [-0.2, 0) is 17.9 Å². The van der Waals surface area contributed by atoms with Crippen molar-refractivity contribution in [1.29, 1.82) is 0 Å².